The van der Waals surface area contributed by atoms with Gasteiger partial charge in [0.25, 0.3) is 0 Å². The predicted octanol–water partition coefficient (Wildman–Crippen LogP) is 1.09. The molecule has 0 amide bonds. The molecule has 75 valence electrons. The van der Waals surface area contributed by atoms with Crippen LogP contribution in [0.15, 0.2) is 18.3 Å². The minimum Gasteiger partial charge on any atom is -0.396 e. The second-order valence-corrected chi connectivity index (χ2v) is 3.75. The van der Waals surface area contributed by atoms with Gasteiger partial charge in [-0.05, 0) is 30.9 Å². The van der Waals surface area contributed by atoms with Crippen LogP contribution < -0.4 is 4.90 Å². The fraction of sp³-hybridized carbons (Fsp3) is 0.545. The second-order valence-electron chi connectivity index (χ2n) is 3.75. The smallest absolute Gasteiger partial charge is 0.128 e. The van der Waals surface area contributed by atoms with E-state index in [1.165, 1.54) is 0 Å². The largest absolute Gasteiger partial charge is 0.396 e. The molecule has 3 heteroatoms. The molecule has 1 aromatic rings. The van der Waals surface area contributed by atoms with E-state index < -0.39 is 0 Å². The van der Waals surface area contributed by atoms with Crippen LogP contribution in [0.1, 0.15) is 12.8 Å². The number of piperidine rings is 1. The van der Waals surface area contributed by atoms with Crippen LogP contribution in [0.5, 0.6) is 0 Å². The third-order valence-corrected chi connectivity index (χ3v) is 2.70. The van der Waals surface area contributed by atoms with E-state index in [2.05, 4.69) is 16.0 Å². The van der Waals surface area contributed by atoms with Crippen molar-refractivity contribution in [2.45, 2.75) is 12.8 Å². The van der Waals surface area contributed by atoms with Crippen LogP contribution in [0.3, 0.4) is 0 Å². The van der Waals surface area contributed by atoms with Crippen LogP contribution in [0.2, 0.25) is 0 Å². The molecule has 0 bridgehead atoms. The van der Waals surface area contributed by atoms with Crippen LogP contribution in [0.25, 0.3) is 0 Å². The molecule has 2 rings (SSSR count). The Hall–Kier alpha value is -1.09. The molecule has 1 saturated heterocycles. The highest BCUT2D eigenvalue weighted by atomic mass is 16.3. The van der Waals surface area contributed by atoms with Gasteiger partial charge < -0.3 is 10.0 Å². The van der Waals surface area contributed by atoms with Crippen LogP contribution in [-0.2, 0) is 0 Å². The van der Waals surface area contributed by atoms with Gasteiger partial charge in [-0.3, -0.25) is 0 Å². The van der Waals surface area contributed by atoms with Gasteiger partial charge in [0.1, 0.15) is 5.82 Å². The highest BCUT2D eigenvalue weighted by Crippen LogP contribution is 2.20. The van der Waals surface area contributed by atoms with Gasteiger partial charge in [0.2, 0.25) is 0 Å². The van der Waals surface area contributed by atoms with Crippen LogP contribution >= 0.6 is 0 Å². The first-order valence-electron chi connectivity index (χ1n) is 5.08. The fourth-order valence-electron chi connectivity index (χ4n) is 1.92. The van der Waals surface area contributed by atoms with E-state index in [0.29, 0.717) is 5.92 Å². The Balaban J connectivity index is 2.04. The Labute approximate surface area is 84.4 Å². The molecular formula is C11H15N2O. The van der Waals surface area contributed by atoms with E-state index in [0.717, 1.165) is 31.7 Å². The van der Waals surface area contributed by atoms with E-state index in [1.54, 1.807) is 6.20 Å². The monoisotopic (exact) mass is 191 g/mol. The number of nitrogens with zero attached hydrogens (tertiary/aromatic N) is 2. The van der Waals surface area contributed by atoms with Crippen molar-refractivity contribution in [3.05, 3.63) is 24.4 Å². The summed E-state index contributed by atoms with van der Waals surface area (Å²) in [5.41, 5.74) is 0. The molecule has 0 aliphatic carbocycles. The number of hydrogen-bond donors (Lipinski definition) is 1. The number of aliphatic hydroxyl groups excluding tert-OH is 1. The molecule has 0 aromatic carbocycles. The second kappa shape index (κ2) is 4.42. The normalized spacial score (nSPS) is 22.4. The van der Waals surface area contributed by atoms with Gasteiger partial charge in [-0.2, -0.15) is 0 Å². The van der Waals surface area contributed by atoms with Crippen molar-refractivity contribution < 1.29 is 5.11 Å². The lowest BCUT2D eigenvalue weighted by Crippen LogP contribution is -2.37. The van der Waals surface area contributed by atoms with Gasteiger partial charge in [0, 0.05) is 32.0 Å². The van der Waals surface area contributed by atoms with Crippen molar-refractivity contribution in [2.75, 3.05) is 24.6 Å². The maximum absolute atomic E-state index is 9.10. The highest BCUT2D eigenvalue weighted by Gasteiger charge is 2.19. The topological polar surface area (TPSA) is 36.4 Å². The summed E-state index contributed by atoms with van der Waals surface area (Å²) in [5, 5.41) is 9.10. The first-order valence-corrected chi connectivity index (χ1v) is 5.08. The predicted molar refractivity (Wildman–Crippen MR) is 55.1 cm³/mol. The maximum Gasteiger partial charge on any atom is 0.128 e. The Morgan fingerprint density at radius 1 is 1.64 bits per heavy atom. The zero-order valence-corrected chi connectivity index (χ0v) is 8.19. The Morgan fingerprint density at radius 2 is 2.57 bits per heavy atom. The van der Waals surface area contributed by atoms with Crippen molar-refractivity contribution in [2.24, 2.45) is 5.92 Å². The molecule has 1 atom stereocenters. The molecule has 1 aliphatic rings. The molecule has 1 fully saturated rings. The van der Waals surface area contributed by atoms with Crippen LogP contribution in [0.4, 0.5) is 5.82 Å². The van der Waals surface area contributed by atoms with Gasteiger partial charge in [-0.15, -0.1) is 0 Å². The average molecular weight is 191 g/mol. The van der Waals surface area contributed by atoms with E-state index in [4.69, 9.17) is 5.11 Å². The SMILES string of the molecule is OC[C@H]1CCCN(c2cc[c]cn2)C1. The molecule has 1 aromatic heterocycles. The third-order valence-electron chi connectivity index (χ3n) is 2.70. The third kappa shape index (κ3) is 2.04. The van der Waals surface area contributed by atoms with Gasteiger partial charge in [0.05, 0.1) is 0 Å². The summed E-state index contributed by atoms with van der Waals surface area (Å²) in [6, 6.07) is 6.76. The van der Waals surface area contributed by atoms with E-state index in [9.17, 15) is 0 Å². The van der Waals surface area contributed by atoms with Crippen molar-refractivity contribution in [1.82, 2.24) is 4.98 Å². The summed E-state index contributed by atoms with van der Waals surface area (Å²) in [5.74, 6) is 1.41. The van der Waals surface area contributed by atoms with Gasteiger partial charge >= 0.3 is 0 Å². The summed E-state index contributed by atoms with van der Waals surface area (Å²) in [6.07, 6.45) is 3.97. The molecule has 2 heterocycles. The summed E-state index contributed by atoms with van der Waals surface area (Å²) >= 11 is 0. The van der Waals surface area contributed by atoms with Gasteiger partial charge in [-0.25, -0.2) is 4.98 Å². The molecule has 14 heavy (non-hydrogen) atoms. The minimum absolute atomic E-state index is 0.287. The Kier molecular flexibility index (Phi) is 2.99. The first kappa shape index (κ1) is 9.46. The zero-order valence-electron chi connectivity index (χ0n) is 8.19. The lowest BCUT2D eigenvalue weighted by molar-refractivity contribution is 0.208. The number of rotatable bonds is 2. The summed E-state index contributed by atoms with van der Waals surface area (Å²) < 4.78 is 0. The zero-order chi connectivity index (χ0) is 9.80. The van der Waals surface area contributed by atoms with Crippen LogP contribution in [0, 0.1) is 12.0 Å². The fourth-order valence-corrected chi connectivity index (χ4v) is 1.92. The van der Waals surface area contributed by atoms with E-state index >= 15 is 0 Å². The molecular weight excluding hydrogens is 176 g/mol. The number of anilines is 1. The molecule has 0 unspecified atom stereocenters. The van der Waals surface area contributed by atoms with Gasteiger partial charge in [0.15, 0.2) is 0 Å². The lowest BCUT2D eigenvalue weighted by atomic mass is 9.99. The molecule has 0 saturated carbocycles. The van der Waals surface area contributed by atoms with Crippen molar-refractivity contribution in [3.8, 4) is 0 Å². The first-order chi connectivity index (χ1) is 6.90. The lowest BCUT2D eigenvalue weighted by Gasteiger charge is -2.32. The van der Waals surface area contributed by atoms with Crippen molar-refractivity contribution in [3.63, 3.8) is 0 Å². The standard InChI is InChI=1S/C11H15N2O/c14-9-10-4-3-7-13(8-10)11-5-1-2-6-12-11/h1,5-6,10,14H,3-4,7-9H2/t10-/m0/s1. The van der Waals surface area contributed by atoms with E-state index in [-0.39, 0.29) is 6.61 Å². The molecule has 1 N–H and O–H groups in total. The maximum atomic E-state index is 9.10. The van der Waals surface area contributed by atoms with Crippen LogP contribution in [-0.4, -0.2) is 29.8 Å². The number of aromatic nitrogens is 1. The number of aliphatic hydroxyl groups is 1. The summed E-state index contributed by atoms with van der Waals surface area (Å²) in [7, 11) is 0. The molecule has 3 nitrogen and oxygen atoms in total. The Morgan fingerprint density at radius 3 is 3.29 bits per heavy atom. The van der Waals surface area contributed by atoms with Crippen molar-refractivity contribution in [1.29, 1.82) is 0 Å². The molecule has 1 aliphatic heterocycles. The molecule has 0 spiro atoms. The highest BCUT2D eigenvalue weighted by molar-refractivity contribution is 5.37. The number of pyridine rings is 1. The van der Waals surface area contributed by atoms with E-state index in [1.807, 2.05) is 12.1 Å². The minimum atomic E-state index is 0.287. The Bertz CT molecular complexity index is 276. The van der Waals surface area contributed by atoms with Crippen molar-refractivity contribution >= 4 is 5.82 Å². The summed E-state index contributed by atoms with van der Waals surface area (Å²) in [6.45, 7) is 2.26. The molecule has 1 radical (unpaired) electrons. The quantitative estimate of drug-likeness (QED) is 0.760. The van der Waals surface area contributed by atoms with Gasteiger partial charge in [-0.1, -0.05) is 0 Å². The average Bonchev–Trinajstić information content (AvgIpc) is 2.30. The number of hydrogen-bond acceptors (Lipinski definition) is 3. The summed E-state index contributed by atoms with van der Waals surface area (Å²) in [4.78, 5) is 6.49.